The van der Waals surface area contributed by atoms with Crippen molar-refractivity contribution in [2.24, 2.45) is 0 Å². The average molecular weight is 370 g/mol. The van der Waals surface area contributed by atoms with E-state index >= 15 is 0 Å². The Bertz CT molecular complexity index is 1020. The molecule has 8 heteroatoms. The first kappa shape index (κ1) is 18.6. The first-order valence-electron chi connectivity index (χ1n) is 8.68. The second kappa shape index (κ2) is 7.22. The highest BCUT2D eigenvalue weighted by atomic mass is 16.5. The van der Waals surface area contributed by atoms with Crippen LogP contribution in [-0.4, -0.2) is 34.5 Å². The predicted molar refractivity (Wildman–Crippen MR) is 99.3 cm³/mol. The smallest absolute Gasteiger partial charge is 0.259 e. The Labute approximate surface area is 156 Å². The van der Waals surface area contributed by atoms with E-state index in [0.717, 1.165) is 11.3 Å². The van der Waals surface area contributed by atoms with Crippen LogP contribution >= 0.6 is 0 Å². The van der Waals surface area contributed by atoms with Crippen LogP contribution in [0.2, 0.25) is 0 Å². The largest absolute Gasteiger partial charge is 0.466 e. The third-order valence-corrected chi connectivity index (χ3v) is 4.04. The fourth-order valence-corrected chi connectivity index (χ4v) is 2.93. The molecule has 0 saturated heterocycles. The maximum Gasteiger partial charge on any atom is 0.259 e. The Morgan fingerprint density at radius 2 is 1.93 bits per heavy atom. The minimum absolute atomic E-state index is 0.00117. The molecule has 8 nitrogen and oxygen atoms in total. The molecule has 3 heterocycles. The summed E-state index contributed by atoms with van der Waals surface area (Å²) in [6.45, 7) is 9.00. The number of hydrogen-bond acceptors (Lipinski definition) is 6. The quantitative estimate of drug-likeness (QED) is 0.714. The van der Waals surface area contributed by atoms with Crippen LogP contribution in [0.3, 0.4) is 0 Å². The fraction of sp³-hybridized carbons (Fsp3) is 0.368. The Balaban J connectivity index is 1.98. The summed E-state index contributed by atoms with van der Waals surface area (Å²) in [5, 5.41) is 9.81. The van der Waals surface area contributed by atoms with Gasteiger partial charge in [0.05, 0.1) is 28.9 Å². The molecular formula is C19H22N4O4. The zero-order valence-electron chi connectivity index (χ0n) is 16.0. The van der Waals surface area contributed by atoms with Gasteiger partial charge >= 0.3 is 0 Å². The molecule has 3 rings (SSSR count). The van der Waals surface area contributed by atoms with Crippen molar-refractivity contribution in [2.45, 2.75) is 40.7 Å². The number of rotatable bonds is 5. The predicted octanol–water partition coefficient (Wildman–Crippen LogP) is 2.66. The van der Waals surface area contributed by atoms with E-state index in [0.29, 0.717) is 28.1 Å². The second-order valence-electron chi connectivity index (χ2n) is 6.73. The fourth-order valence-electron chi connectivity index (χ4n) is 2.93. The molecule has 2 amide bonds. The van der Waals surface area contributed by atoms with Crippen molar-refractivity contribution in [1.29, 1.82) is 0 Å². The highest BCUT2D eigenvalue weighted by Gasteiger charge is 2.21. The van der Waals surface area contributed by atoms with Gasteiger partial charge in [0.2, 0.25) is 5.91 Å². The van der Waals surface area contributed by atoms with Crippen LogP contribution in [0.5, 0.6) is 0 Å². The maximum atomic E-state index is 12.8. The number of nitrogens with zero attached hydrogens (tertiary/aromatic N) is 2. The summed E-state index contributed by atoms with van der Waals surface area (Å²) in [5.41, 5.74) is 2.49. The van der Waals surface area contributed by atoms with Crippen LogP contribution in [0, 0.1) is 20.8 Å². The van der Waals surface area contributed by atoms with E-state index in [-0.39, 0.29) is 24.2 Å². The lowest BCUT2D eigenvalue weighted by Crippen LogP contribution is -2.39. The zero-order chi connectivity index (χ0) is 19.7. The van der Waals surface area contributed by atoms with E-state index in [1.165, 1.54) is 0 Å². The van der Waals surface area contributed by atoms with Crippen LogP contribution in [0.25, 0.3) is 22.4 Å². The SMILES string of the molecule is Cc1cc(-c2cc(C(=O)NCC(=O)NC(C)C)c3c(C)noc3n2)c(C)o1. The van der Waals surface area contributed by atoms with Crippen LogP contribution in [0.1, 0.15) is 41.4 Å². The molecule has 3 aromatic rings. The number of carbonyl (C=O) groups is 2. The van der Waals surface area contributed by atoms with Gasteiger partial charge in [0.15, 0.2) is 0 Å². The van der Waals surface area contributed by atoms with Crippen LogP contribution in [0.4, 0.5) is 0 Å². The molecule has 0 aliphatic carbocycles. The second-order valence-corrected chi connectivity index (χ2v) is 6.73. The van der Waals surface area contributed by atoms with E-state index < -0.39 is 5.91 Å². The molecule has 142 valence electrons. The van der Waals surface area contributed by atoms with Gasteiger partial charge in [-0.2, -0.15) is 0 Å². The van der Waals surface area contributed by atoms with Gasteiger partial charge in [0.1, 0.15) is 11.5 Å². The van der Waals surface area contributed by atoms with Gasteiger partial charge in [-0.15, -0.1) is 0 Å². The van der Waals surface area contributed by atoms with Crippen molar-refractivity contribution >= 4 is 22.9 Å². The zero-order valence-corrected chi connectivity index (χ0v) is 16.0. The number of hydrogen-bond donors (Lipinski definition) is 2. The molecule has 0 aromatic carbocycles. The van der Waals surface area contributed by atoms with Crippen molar-refractivity contribution in [3.63, 3.8) is 0 Å². The Morgan fingerprint density at radius 3 is 2.56 bits per heavy atom. The molecule has 3 aromatic heterocycles. The van der Waals surface area contributed by atoms with Crippen molar-refractivity contribution in [2.75, 3.05) is 6.54 Å². The number of aromatic nitrogens is 2. The summed E-state index contributed by atoms with van der Waals surface area (Å²) in [6.07, 6.45) is 0. The normalized spacial score (nSPS) is 11.2. The number of furan rings is 1. The van der Waals surface area contributed by atoms with Gasteiger partial charge in [-0.3, -0.25) is 9.59 Å². The molecule has 0 fully saturated rings. The topological polar surface area (TPSA) is 110 Å². The lowest BCUT2D eigenvalue weighted by atomic mass is 10.1. The lowest BCUT2D eigenvalue weighted by Gasteiger charge is -2.10. The van der Waals surface area contributed by atoms with Crippen LogP contribution < -0.4 is 10.6 Å². The third kappa shape index (κ3) is 3.84. The number of fused-ring (bicyclic) bond motifs is 1. The van der Waals surface area contributed by atoms with Gasteiger partial charge in [-0.1, -0.05) is 5.16 Å². The number of nitrogens with one attached hydrogen (secondary N) is 2. The van der Waals surface area contributed by atoms with E-state index in [9.17, 15) is 9.59 Å². The molecule has 0 radical (unpaired) electrons. The van der Waals surface area contributed by atoms with Gasteiger partial charge in [-0.05, 0) is 46.8 Å². The third-order valence-electron chi connectivity index (χ3n) is 4.04. The Hall–Kier alpha value is -3.16. The summed E-state index contributed by atoms with van der Waals surface area (Å²) < 4.78 is 10.8. The first-order valence-corrected chi connectivity index (χ1v) is 8.68. The van der Waals surface area contributed by atoms with Gasteiger partial charge in [-0.25, -0.2) is 4.98 Å². The van der Waals surface area contributed by atoms with E-state index in [2.05, 4.69) is 20.8 Å². The monoisotopic (exact) mass is 370 g/mol. The summed E-state index contributed by atoms with van der Waals surface area (Å²) in [6, 6.07) is 3.52. The van der Waals surface area contributed by atoms with Crippen LogP contribution in [-0.2, 0) is 4.79 Å². The highest BCUT2D eigenvalue weighted by Crippen LogP contribution is 2.30. The highest BCUT2D eigenvalue weighted by molar-refractivity contribution is 6.07. The Morgan fingerprint density at radius 1 is 1.19 bits per heavy atom. The summed E-state index contributed by atoms with van der Waals surface area (Å²) in [5.74, 6) is 0.784. The van der Waals surface area contributed by atoms with Crippen molar-refractivity contribution in [3.8, 4) is 11.3 Å². The minimum Gasteiger partial charge on any atom is -0.466 e. The molecule has 0 atom stereocenters. The summed E-state index contributed by atoms with van der Waals surface area (Å²) >= 11 is 0. The van der Waals surface area contributed by atoms with E-state index in [1.807, 2.05) is 33.8 Å². The molecule has 2 N–H and O–H groups in total. The Kier molecular flexibility index (Phi) is 4.98. The molecule has 0 spiro atoms. The number of carbonyl (C=O) groups excluding carboxylic acids is 2. The van der Waals surface area contributed by atoms with Gasteiger partial charge in [0, 0.05) is 11.6 Å². The van der Waals surface area contributed by atoms with Crippen molar-refractivity contribution in [1.82, 2.24) is 20.8 Å². The standard InChI is InChI=1S/C19H22N4O4/c1-9(2)21-16(24)8-20-18(25)14-7-15(13-6-10(3)26-12(13)5)22-19-17(14)11(4)23-27-19/h6-7,9H,8H2,1-5H3,(H,20,25)(H,21,24). The summed E-state index contributed by atoms with van der Waals surface area (Å²) in [4.78, 5) is 29.1. The van der Waals surface area contributed by atoms with Crippen LogP contribution in [0.15, 0.2) is 21.1 Å². The average Bonchev–Trinajstić information content (AvgIpc) is 3.13. The van der Waals surface area contributed by atoms with Crippen molar-refractivity contribution in [3.05, 3.63) is 34.9 Å². The molecule has 27 heavy (non-hydrogen) atoms. The maximum absolute atomic E-state index is 12.8. The van der Waals surface area contributed by atoms with Gasteiger partial charge < -0.3 is 19.6 Å². The molecular weight excluding hydrogens is 348 g/mol. The van der Waals surface area contributed by atoms with E-state index in [4.69, 9.17) is 8.94 Å². The minimum atomic E-state index is -0.397. The van der Waals surface area contributed by atoms with E-state index in [1.54, 1.807) is 13.0 Å². The van der Waals surface area contributed by atoms with Gasteiger partial charge in [0.25, 0.3) is 11.6 Å². The summed E-state index contributed by atoms with van der Waals surface area (Å²) in [7, 11) is 0. The molecule has 0 unspecified atom stereocenters. The lowest BCUT2D eigenvalue weighted by molar-refractivity contribution is -0.120. The number of aryl methyl sites for hydroxylation is 3. The molecule has 0 aliphatic rings. The number of pyridine rings is 1. The molecule has 0 bridgehead atoms. The molecule has 0 saturated carbocycles. The first-order chi connectivity index (χ1) is 12.8. The van der Waals surface area contributed by atoms with Crippen molar-refractivity contribution < 1.29 is 18.5 Å². The number of amides is 2. The molecule has 0 aliphatic heterocycles.